The van der Waals surface area contributed by atoms with Crippen molar-refractivity contribution in [3.05, 3.63) is 32.8 Å². The van der Waals surface area contributed by atoms with Gasteiger partial charge in [0.1, 0.15) is 0 Å². The van der Waals surface area contributed by atoms with Crippen molar-refractivity contribution in [2.45, 2.75) is 6.92 Å². The van der Waals surface area contributed by atoms with Crippen LogP contribution in [0.5, 0.6) is 0 Å². The van der Waals surface area contributed by atoms with E-state index in [4.69, 9.17) is 0 Å². The molecule has 0 spiro atoms. The van der Waals surface area contributed by atoms with Crippen molar-refractivity contribution in [1.29, 1.82) is 0 Å². The van der Waals surface area contributed by atoms with Crippen LogP contribution in [0.15, 0.2) is 22.7 Å². The molecule has 1 aliphatic rings. The Kier molecular flexibility index (Phi) is 4.16. The van der Waals surface area contributed by atoms with Gasteiger partial charge in [-0.15, -0.1) is 0 Å². The highest BCUT2D eigenvalue weighted by molar-refractivity contribution is 9.10. The van der Waals surface area contributed by atoms with E-state index in [1.54, 1.807) is 12.1 Å². The summed E-state index contributed by atoms with van der Waals surface area (Å²) in [6.45, 7) is 3.55. The highest BCUT2D eigenvalue weighted by Gasteiger charge is 2.28. The Hall–Kier alpha value is -1.47. The zero-order valence-electron chi connectivity index (χ0n) is 10.4. The fourth-order valence-corrected chi connectivity index (χ4v) is 2.26. The summed E-state index contributed by atoms with van der Waals surface area (Å²) in [5, 5.41) is 16.7. The van der Waals surface area contributed by atoms with Gasteiger partial charge < -0.3 is 10.6 Å². The standard InChI is InChI=1S/C12H14BrN3O3/c1-7(8-5-14-6-8)12(17)15-9-2-3-10(13)11(4-9)16(18)19/h2-4,7-8,14H,5-6H2,1H3,(H,15,17). The predicted molar refractivity (Wildman–Crippen MR) is 74.9 cm³/mol. The number of nitrogens with one attached hydrogen (secondary N) is 2. The van der Waals surface area contributed by atoms with Gasteiger partial charge in [0.25, 0.3) is 5.69 Å². The number of halogens is 1. The molecule has 0 aromatic heterocycles. The van der Waals surface area contributed by atoms with E-state index in [1.165, 1.54) is 6.07 Å². The number of nitro benzene ring substituents is 1. The van der Waals surface area contributed by atoms with Crippen LogP contribution in [-0.4, -0.2) is 23.9 Å². The second kappa shape index (κ2) is 5.66. The minimum absolute atomic E-state index is 0.0595. The number of anilines is 1. The Bertz CT molecular complexity index is 517. The highest BCUT2D eigenvalue weighted by Crippen LogP contribution is 2.28. The van der Waals surface area contributed by atoms with Crippen LogP contribution in [0, 0.1) is 22.0 Å². The molecule has 1 amide bonds. The molecule has 2 rings (SSSR count). The number of hydrogen-bond acceptors (Lipinski definition) is 4. The van der Waals surface area contributed by atoms with Crippen molar-refractivity contribution in [2.24, 2.45) is 11.8 Å². The van der Waals surface area contributed by atoms with Gasteiger partial charge in [-0.25, -0.2) is 0 Å². The zero-order valence-corrected chi connectivity index (χ0v) is 11.9. The topological polar surface area (TPSA) is 84.3 Å². The molecule has 0 aliphatic carbocycles. The number of hydrogen-bond donors (Lipinski definition) is 2. The van der Waals surface area contributed by atoms with E-state index in [0.29, 0.717) is 16.1 Å². The molecule has 1 atom stereocenters. The van der Waals surface area contributed by atoms with Gasteiger partial charge in [0.15, 0.2) is 0 Å². The van der Waals surface area contributed by atoms with Gasteiger partial charge in [-0.1, -0.05) is 6.92 Å². The molecular formula is C12H14BrN3O3. The molecule has 19 heavy (non-hydrogen) atoms. The van der Waals surface area contributed by atoms with Crippen LogP contribution in [0.1, 0.15) is 6.92 Å². The van der Waals surface area contributed by atoms with Crippen molar-refractivity contribution < 1.29 is 9.72 Å². The summed E-state index contributed by atoms with van der Waals surface area (Å²) in [6, 6.07) is 4.55. The van der Waals surface area contributed by atoms with Crippen LogP contribution >= 0.6 is 15.9 Å². The Morgan fingerprint density at radius 1 is 1.58 bits per heavy atom. The van der Waals surface area contributed by atoms with Crippen LogP contribution in [0.2, 0.25) is 0 Å². The summed E-state index contributed by atoms with van der Waals surface area (Å²) in [6.07, 6.45) is 0. The van der Waals surface area contributed by atoms with Crippen molar-refractivity contribution >= 4 is 33.2 Å². The number of amides is 1. The molecule has 102 valence electrons. The lowest BCUT2D eigenvalue weighted by atomic mass is 9.88. The fourth-order valence-electron chi connectivity index (χ4n) is 1.87. The summed E-state index contributed by atoms with van der Waals surface area (Å²) in [5.74, 6) is 0.123. The first-order valence-electron chi connectivity index (χ1n) is 5.94. The van der Waals surface area contributed by atoms with E-state index < -0.39 is 4.92 Å². The summed E-state index contributed by atoms with van der Waals surface area (Å²) < 4.78 is 0.395. The number of benzene rings is 1. The van der Waals surface area contributed by atoms with Gasteiger partial charge in [0.2, 0.25) is 5.91 Å². The molecule has 1 unspecified atom stereocenters. The third-order valence-corrected chi connectivity index (χ3v) is 4.01. The minimum Gasteiger partial charge on any atom is -0.326 e. The van der Waals surface area contributed by atoms with Crippen LogP contribution in [0.3, 0.4) is 0 Å². The fraction of sp³-hybridized carbons (Fsp3) is 0.417. The number of rotatable bonds is 4. The molecule has 7 heteroatoms. The molecule has 0 radical (unpaired) electrons. The van der Waals surface area contributed by atoms with Gasteiger partial charge >= 0.3 is 0 Å². The summed E-state index contributed by atoms with van der Waals surface area (Å²) in [7, 11) is 0. The van der Waals surface area contributed by atoms with E-state index in [-0.39, 0.29) is 17.5 Å². The molecule has 0 bridgehead atoms. The Labute approximate surface area is 118 Å². The predicted octanol–water partition coefficient (Wildman–Crippen LogP) is 2.15. The lowest BCUT2D eigenvalue weighted by Gasteiger charge is -2.31. The van der Waals surface area contributed by atoms with E-state index in [2.05, 4.69) is 26.6 Å². The molecule has 1 fully saturated rings. The number of carbonyl (C=O) groups is 1. The maximum Gasteiger partial charge on any atom is 0.285 e. The molecule has 1 aliphatic heterocycles. The first-order valence-corrected chi connectivity index (χ1v) is 6.74. The van der Waals surface area contributed by atoms with E-state index >= 15 is 0 Å². The summed E-state index contributed by atoms with van der Waals surface area (Å²) in [5.41, 5.74) is 0.384. The first-order chi connectivity index (χ1) is 8.99. The van der Waals surface area contributed by atoms with Gasteiger partial charge in [0.05, 0.1) is 9.40 Å². The molecule has 0 saturated carbocycles. The quantitative estimate of drug-likeness (QED) is 0.655. The third kappa shape index (κ3) is 3.10. The number of nitrogens with zero attached hydrogens (tertiary/aromatic N) is 1. The monoisotopic (exact) mass is 327 g/mol. The molecule has 1 saturated heterocycles. The lowest BCUT2D eigenvalue weighted by Crippen LogP contribution is -2.48. The molecular weight excluding hydrogens is 314 g/mol. The Morgan fingerprint density at radius 2 is 2.26 bits per heavy atom. The first kappa shape index (κ1) is 14.0. The van der Waals surface area contributed by atoms with Crippen molar-refractivity contribution in [3.8, 4) is 0 Å². The largest absolute Gasteiger partial charge is 0.326 e. The SMILES string of the molecule is CC(C(=O)Nc1ccc(Br)c([N+](=O)[O-])c1)C1CNC1. The van der Waals surface area contributed by atoms with Gasteiger partial charge in [-0.3, -0.25) is 14.9 Å². The van der Waals surface area contributed by atoms with Crippen LogP contribution < -0.4 is 10.6 Å². The van der Waals surface area contributed by atoms with Crippen LogP contribution in [0.4, 0.5) is 11.4 Å². The average Bonchev–Trinajstić information content (AvgIpc) is 2.28. The molecule has 1 aromatic carbocycles. The second-order valence-electron chi connectivity index (χ2n) is 4.62. The maximum absolute atomic E-state index is 12.0. The Balaban J connectivity index is 2.08. The van der Waals surface area contributed by atoms with Crippen molar-refractivity contribution in [2.75, 3.05) is 18.4 Å². The number of nitro groups is 1. The molecule has 2 N–H and O–H groups in total. The molecule has 1 aromatic rings. The van der Waals surface area contributed by atoms with E-state index in [9.17, 15) is 14.9 Å². The van der Waals surface area contributed by atoms with E-state index in [1.807, 2.05) is 6.92 Å². The van der Waals surface area contributed by atoms with Crippen molar-refractivity contribution in [1.82, 2.24) is 5.32 Å². The maximum atomic E-state index is 12.0. The van der Waals surface area contributed by atoms with Crippen LogP contribution in [0.25, 0.3) is 0 Å². The summed E-state index contributed by atoms with van der Waals surface area (Å²) in [4.78, 5) is 22.3. The number of carbonyl (C=O) groups excluding carboxylic acids is 1. The smallest absolute Gasteiger partial charge is 0.285 e. The van der Waals surface area contributed by atoms with Crippen molar-refractivity contribution in [3.63, 3.8) is 0 Å². The summed E-state index contributed by atoms with van der Waals surface area (Å²) >= 11 is 3.11. The minimum atomic E-state index is -0.487. The molecule has 1 heterocycles. The lowest BCUT2D eigenvalue weighted by molar-refractivity contribution is -0.385. The van der Waals surface area contributed by atoms with E-state index in [0.717, 1.165) is 13.1 Å². The van der Waals surface area contributed by atoms with Gasteiger partial charge in [0, 0.05) is 17.7 Å². The van der Waals surface area contributed by atoms with Gasteiger partial charge in [-0.05, 0) is 47.1 Å². The zero-order chi connectivity index (χ0) is 14.0. The second-order valence-corrected chi connectivity index (χ2v) is 5.47. The Morgan fingerprint density at radius 3 is 2.79 bits per heavy atom. The van der Waals surface area contributed by atoms with Gasteiger partial charge in [-0.2, -0.15) is 0 Å². The average molecular weight is 328 g/mol. The molecule has 6 nitrogen and oxygen atoms in total. The van der Waals surface area contributed by atoms with Crippen LogP contribution in [-0.2, 0) is 4.79 Å². The normalized spacial score (nSPS) is 16.5. The third-order valence-electron chi connectivity index (χ3n) is 3.34. The highest BCUT2D eigenvalue weighted by atomic mass is 79.9.